The Morgan fingerprint density at radius 3 is 2.67 bits per heavy atom. The van der Waals surface area contributed by atoms with Gasteiger partial charge >= 0.3 is 5.97 Å². The first kappa shape index (κ1) is 12.6. The molecule has 1 aliphatic heterocycles. The van der Waals surface area contributed by atoms with E-state index in [4.69, 9.17) is 4.74 Å². The Kier molecular flexibility index (Phi) is 3.65. The molecule has 1 saturated heterocycles. The fourth-order valence-corrected chi connectivity index (χ4v) is 2.34. The molecule has 1 heterocycles. The number of ether oxygens (including phenoxy) is 1. The number of benzene rings is 1. The van der Waals surface area contributed by atoms with Gasteiger partial charge in [0.25, 0.3) is 0 Å². The highest BCUT2D eigenvalue weighted by Crippen LogP contribution is 2.28. The summed E-state index contributed by atoms with van der Waals surface area (Å²) >= 11 is 0. The maximum atomic E-state index is 11.9. The van der Waals surface area contributed by atoms with Crippen LogP contribution in [0.3, 0.4) is 0 Å². The largest absolute Gasteiger partial charge is 0.469 e. The zero-order valence-electron chi connectivity index (χ0n) is 10.6. The maximum absolute atomic E-state index is 11.9. The molecule has 1 aromatic carbocycles. The predicted octanol–water partition coefficient (Wildman–Crippen LogP) is 1.77. The van der Waals surface area contributed by atoms with E-state index < -0.39 is 0 Å². The number of nitrogens with zero attached hydrogens (tertiary/aromatic N) is 1. The molecule has 0 saturated carbocycles. The average molecular weight is 247 g/mol. The lowest BCUT2D eigenvalue weighted by Gasteiger charge is -2.25. The first-order valence-corrected chi connectivity index (χ1v) is 6.05. The van der Waals surface area contributed by atoms with E-state index in [1.807, 2.05) is 37.3 Å². The summed E-state index contributed by atoms with van der Waals surface area (Å²) in [6.07, 6.45) is 0.254. The van der Waals surface area contributed by atoms with E-state index >= 15 is 0 Å². The van der Waals surface area contributed by atoms with Crippen LogP contribution in [0.15, 0.2) is 30.3 Å². The summed E-state index contributed by atoms with van der Waals surface area (Å²) in [5.74, 6) is -0.610. The second-order valence-electron chi connectivity index (χ2n) is 4.56. The molecule has 0 aliphatic carbocycles. The van der Waals surface area contributed by atoms with Crippen molar-refractivity contribution in [2.75, 3.05) is 13.7 Å². The van der Waals surface area contributed by atoms with Crippen LogP contribution in [0, 0.1) is 5.92 Å². The molecule has 2 rings (SSSR count). The van der Waals surface area contributed by atoms with Gasteiger partial charge in [0.15, 0.2) is 0 Å². The molecular weight excluding hydrogens is 230 g/mol. The van der Waals surface area contributed by atoms with Gasteiger partial charge in [0.1, 0.15) is 0 Å². The van der Waals surface area contributed by atoms with Crippen LogP contribution in [0.5, 0.6) is 0 Å². The lowest BCUT2D eigenvalue weighted by Crippen LogP contribution is -2.29. The number of methoxy groups -OCH3 is 1. The monoisotopic (exact) mass is 247 g/mol. The molecule has 0 radical (unpaired) electrons. The van der Waals surface area contributed by atoms with Crippen molar-refractivity contribution in [3.63, 3.8) is 0 Å². The number of hydrogen-bond donors (Lipinski definition) is 0. The maximum Gasteiger partial charge on any atom is 0.310 e. The van der Waals surface area contributed by atoms with Gasteiger partial charge < -0.3 is 9.64 Å². The van der Waals surface area contributed by atoms with Crippen LogP contribution < -0.4 is 0 Å². The van der Waals surface area contributed by atoms with Crippen LogP contribution in [0.2, 0.25) is 0 Å². The third kappa shape index (κ3) is 2.37. The molecule has 4 heteroatoms. The highest BCUT2D eigenvalue weighted by molar-refractivity contribution is 5.87. The van der Waals surface area contributed by atoms with E-state index in [-0.39, 0.29) is 30.3 Å². The Morgan fingerprint density at radius 2 is 2.06 bits per heavy atom. The Bertz CT molecular complexity index is 444. The molecule has 0 unspecified atom stereocenters. The molecular formula is C14H17NO3. The highest BCUT2D eigenvalue weighted by Gasteiger charge is 2.37. The van der Waals surface area contributed by atoms with Crippen molar-refractivity contribution in [1.29, 1.82) is 0 Å². The van der Waals surface area contributed by atoms with Gasteiger partial charge in [-0.25, -0.2) is 0 Å². The number of rotatable bonds is 3. The standard InChI is InChI=1S/C14H17NO3/c1-10(11-6-4-3-5-7-11)15-9-12(8-13(15)16)14(17)18-2/h3-7,10,12H,8-9H2,1-2H3/t10-,12+/m1/s1. The Hall–Kier alpha value is -1.84. The highest BCUT2D eigenvalue weighted by atomic mass is 16.5. The normalized spacial score (nSPS) is 20.9. The van der Waals surface area contributed by atoms with E-state index in [2.05, 4.69) is 0 Å². The molecule has 96 valence electrons. The van der Waals surface area contributed by atoms with E-state index in [1.165, 1.54) is 7.11 Å². The van der Waals surface area contributed by atoms with Crippen LogP contribution in [-0.2, 0) is 14.3 Å². The molecule has 2 atom stereocenters. The minimum absolute atomic E-state index is 0.00615. The van der Waals surface area contributed by atoms with Crippen molar-refractivity contribution in [2.45, 2.75) is 19.4 Å². The molecule has 0 N–H and O–H groups in total. The van der Waals surface area contributed by atoms with Crippen molar-refractivity contribution >= 4 is 11.9 Å². The predicted molar refractivity (Wildman–Crippen MR) is 66.7 cm³/mol. The van der Waals surface area contributed by atoms with Gasteiger partial charge in [0, 0.05) is 13.0 Å². The second kappa shape index (κ2) is 5.21. The molecule has 0 aromatic heterocycles. The third-order valence-electron chi connectivity index (χ3n) is 3.44. The smallest absolute Gasteiger partial charge is 0.310 e. The van der Waals surface area contributed by atoms with Gasteiger partial charge in [-0.15, -0.1) is 0 Å². The van der Waals surface area contributed by atoms with Gasteiger partial charge in [0.05, 0.1) is 19.1 Å². The number of hydrogen-bond acceptors (Lipinski definition) is 3. The number of carbonyl (C=O) groups excluding carboxylic acids is 2. The SMILES string of the molecule is COC(=O)[C@H]1CC(=O)N([C@H](C)c2ccccc2)C1. The fourth-order valence-electron chi connectivity index (χ4n) is 2.34. The minimum Gasteiger partial charge on any atom is -0.469 e. The van der Waals surface area contributed by atoms with Crippen LogP contribution in [0.4, 0.5) is 0 Å². The molecule has 18 heavy (non-hydrogen) atoms. The summed E-state index contributed by atoms with van der Waals surface area (Å²) < 4.78 is 4.70. The Balaban J connectivity index is 2.10. The van der Waals surface area contributed by atoms with Crippen LogP contribution in [0.25, 0.3) is 0 Å². The zero-order chi connectivity index (χ0) is 13.1. The Morgan fingerprint density at radius 1 is 1.39 bits per heavy atom. The van der Waals surface area contributed by atoms with Gasteiger partial charge in [-0.1, -0.05) is 30.3 Å². The minimum atomic E-state index is -0.325. The topological polar surface area (TPSA) is 46.6 Å². The summed E-state index contributed by atoms with van der Waals surface area (Å²) in [5.41, 5.74) is 1.08. The summed E-state index contributed by atoms with van der Waals surface area (Å²) in [7, 11) is 1.36. The molecule has 1 fully saturated rings. The number of carbonyl (C=O) groups is 2. The van der Waals surface area contributed by atoms with Gasteiger partial charge in [0.2, 0.25) is 5.91 Å². The van der Waals surface area contributed by atoms with E-state index in [1.54, 1.807) is 4.90 Å². The van der Waals surface area contributed by atoms with E-state index in [9.17, 15) is 9.59 Å². The molecule has 0 spiro atoms. The fraction of sp³-hybridized carbons (Fsp3) is 0.429. The van der Waals surface area contributed by atoms with Crippen molar-refractivity contribution in [3.8, 4) is 0 Å². The van der Waals surface area contributed by atoms with Gasteiger partial charge in [-0.2, -0.15) is 0 Å². The third-order valence-corrected chi connectivity index (χ3v) is 3.44. The van der Waals surface area contributed by atoms with Gasteiger partial charge in [-0.3, -0.25) is 9.59 Å². The molecule has 1 aliphatic rings. The summed E-state index contributed by atoms with van der Waals surface area (Å²) in [4.78, 5) is 25.1. The van der Waals surface area contributed by atoms with Gasteiger partial charge in [-0.05, 0) is 12.5 Å². The Labute approximate surface area is 107 Å². The molecule has 4 nitrogen and oxygen atoms in total. The lowest BCUT2D eigenvalue weighted by molar-refractivity contribution is -0.145. The molecule has 1 amide bonds. The van der Waals surface area contributed by atoms with Crippen molar-refractivity contribution in [1.82, 2.24) is 4.90 Å². The number of likely N-dealkylation sites (tertiary alicyclic amines) is 1. The van der Waals surface area contributed by atoms with Crippen molar-refractivity contribution in [3.05, 3.63) is 35.9 Å². The van der Waals surface area contributed by atoms with E-state index in [0.29, 0.717) is 6.54 Å². The van der Waals surface area contributed by atoms with Crippen LogP contribution >= 0.6 is 0 Å². The average Bonchev–Trinajstić information content (AvgIpc) is 2.80. The summed E-state index contributed by atoms with van der Waals surface area (Å²) in [6, 6.07) is 9.81. The van der Waals surface area contributed by atoms with E-state index in [0.717, 1.165) is 5.56 Å². The molecule has 0 bridgehead atoms. The first-order valence-electron chi connectivity index (χ1n) is 6.05. The summed E-state index contributed by atoms with van der Waals surface area (Å²) in [6.45, 7) is 2.43. The molecule has 1 aromatic rings. The van der Waals surface area contributed by atoms with Crippen LogP contribution in [0.1, 0.15) is 24.9 Å². The van der Waals surface area contributed by atoms with Crippen molar-refractivity contribution in [2.24, 2.45) is 5.92 Å². The quantitative estimate of drug-likeness (QED) is 0.765. The second-order valence-corrected chi connectivity index (χ2v) is 4.56. The lowest BCUT2D eigenvalue weighted by atomic mass is 10.1. The number of amides is 1. The number of esters is 1. The summed E-state index contributed by atoms with van der Waals surface area (Å²) in [5, 5.41) is 0. The van der Waals surface area contributed by atoms with Crippen LogP contribution in [-0.4, -0.2) is 30.4 Å². The first-order chi connectivity index (χ1) is 8.63. The zero-order valence-corrected chi connectivity index (χ0v) is 10.6. The van der Waals surface area contributed by atoms with Crippen molar-refractivity contribution < 1.29 is 14.3 Å².